The van der Waals surface area contributed by atoms with E-state index in [2.05, 4.69) is 35.7 Å². The van der Waals surface area contributed by atoms with Crippen LogP contribution in [0.4, 0.5) is 0 Å². The SMILES string of the molecule is C=C(I)CC[C@H](O)CC[C@@H]1O[C@@H](CCC(OC)OC)CC1=C. The summed E-state index contributed by atoms with van der Waals surface area (Å²) in [6.07, 6.45) is 5.65. The lowest BCUT2D eigenvalue weighted by molar-refractivity contribution is -0.112. The summed E-state index contributed by atoms with van der Waals surface area (Å²) in [4.78, 5) is 0. The Morgan fingerprint density at radius 1 is 1.32 bits per heavy atom. The topological polar surface area (TPSA) is 47.9 Å². The smallest absolute Gasteiger partial charge is 0.156 e. The second-order valence-electron chi connectivity index (χ2n) is 5.87. The van der Waals surface area contributed by atoms with E-state index in [1.807, 2.05) is 0 Å². The fourth-order valence-corrected chi connectivity index (χ4v) is 3.02. The Kier molecular flexibility index (Phi) is 9.82. The quantitative estimate of drug-likeness (QED) is 0.310. The van der Waals surface area contributed by atoms with Crippen molar-refractivity contribution in [3.05, 3.63) is 22.3 Å². The Bertz CT molecular complexity index is 355. The molecule has 0 bridgehead atoms. The second kappa shape index (κ2) is 10.8. The van der Waals surface area contributed by atoms with Crippen LogP contribution in [-0.2, 0) is 14.2 Å². The van der Waals surface area contributed by atoms with Crippen molar-refractivity contribution in [1.82, 2.24) is 0 Å². The first-order valence-electron chi connectivity index (χ1n) is 7.86. The molecule has 1 aliphatic heterocycles. The third kappa shape index (κ3) is 7.55. The zero-order chi connectivity index (χ0) is 16.5. The van der Waals surface area contributed by atoms with E-state index in [0.29, 0.717) is 0 Å². The van der Waals surface area contributed by atoms with Crippen LogP contribution in [0.15, 0.2) is 22.3 Å². The highest BCUT2D eigenvalue weighted by Gasteiger charge is 2.29. The van der Waals surface area contributed by atoms with E-state index in [1.54, 1.807) is 14.2 Å². The average molecular weight is 424 g/mol. The van der Waals surface area contributed by atoms with Crippen LogP contribution in [0.5, 0.6) is 0 Å². The maximum absolute atomic E-state index is 9.99. The molecule has 0 aromatic rings. The van der Waals surface area contributed by atoms with Crippen LogP contribution < -0.4 is 0 Å². The summed E-state index contributed by atoms with van der Waals surface area (Å²) < 4.78 is 17.5. The van der Waals surface area contributed by atoms with Crippen molar-refractivity contribution in [1.29, 1.82) is 0 Å². The number of aliphatic hydroxyl groups is 1. The first kappa shape index (κ1) is 20.1. The lowest BCUT2D eigenvalue weighted by atomic mass is 10.0. The van der Waals surface area contributed by atoms with Crippen LogP contribution in [0.1, 0.15) is 44.9 Å². The molecule has 0 spiro atoms. The van der Waals surface area contributed by atoms with Gasteiger partial charge in [0.25, 0.3) is 0 Å². The third-order valence-electron chi connectivity index (χ3n) is 4.06. The number of ether oxygens (including phenoxy) is 3. The summed E-state index contributed by atoms with van der Waals surface area (Å²) in [5.74, 6) is 0. The Balaban J connectivity index is 2.26. The van der Waals surface area contributed by atoms with E-state index in [-0.39, 0.29) is 24.6 Å². The van der Waals surface area contributed by atoms with E-state index in [9.17, 15) is 5.11 Å². The summed E-state index contributed by atoms with van der Waals surface area (Å²) in [6.45, 7) is 7.97. The highest BCUT2D eigenvalue weighted by molar-refractivity contribution is 14.1. The molecule has 0 unspecified atom stereocenters. The number of hydrogen-bond donors (Lipinski definition) is 1. The zero-order valence-electron chi connectivity index (χ0n) is 13.7. The number of rotatable bonds is 11. The van der Waals surface area contributed by atoms with E-state index >= 15 is 0 Å². The van der Waals surface area contributed by atoms with Crippen molar-refractivity contribution in [2.45, 2.75) is 69.5 Å². The lowest BCUT2D eigenvalue weighted by Gasteiger charge is -2.18. The molecule has 1 N–H and O–H groups in total. The molecule has 0 saturated carbocycles. The second-order valence-corrected chi connectivity index (χ2v) is 7.40. The van der Waals surface area contributed by atoms with Gasteiger partial charge in [0.1, 0.15) is 0 Å². The molecule has 0 aromatic heterocycles. The first-order valence-corrected chi connectivity index (χ1v) is 8.94. The van der Waals surface area contributed by atoms with Crippen molar-refractivity contribution >= 4 is 22.6 Å². The van der Waals surface area contributed by atoms with Gasteiger partial charge in [0.05, 0.1) is 18.3 Å². The van der Waals surface area contributed by atoms with Crippen molar-refractivity contribution in [2.75, 3.05) is 14.2 Å². The van der Waals surface area contributed by atoms with Gasteiger partial charge in [0.2, 0.25) is 0 Å². The van der Waals surface area contributed by atoms with E-state index in [1.165, 1.54) is 0 Å². The fraction of sp³-hybridized carbons (Fsp3) is 0.765. The van der Waals surface area contributed by atoms with Crippen LogP contribution >= 0.6 is 22.6 Å². The van der Waals surface area contributed by atoms with Gasteiger partial charge in [-0.25, -0.2) is 0 Å². The molecular weight excluding hydrogens is 395 g/mol. The van der Waals surface area contributed by atoms with Gasteiger partial charge in [0, 0.05) is 20.6 Å². The largest absolute Gasteiger partial charge is 0.393 e. The van der Waals surface area contributed by atoms with Gasteiger partial charge in [-0.3, -0.25) is 0 Å². The first-order chi connectivity index (χ1) is 10.5. The van der Waals surface area contributed by atoms with Gasteiger partial charge in [-0.2, -0.15) is 0 Å². The van der Waals surface area contributed by atoms with Crippen LogP contribution in [0, 0.1) is 0 Å². The summed E-state index contributed by atoms with van der Waals surface area (Å²) in [6, 6.07) is 0. The number of aliphatic hydroxyl groups excluding tert-OH is 1. The molecule has 1 fully saturated rings. The van der Waals surface area contributed by atoms with Crippen LogP contribution in [0.3, 0.4) is 0 Å². The minimum Gasteiger partial charge on any atom is -0.393 e. The van der Waals surface area contributed by atoms with Crippen molar-refractivity contribution < 1.29 is 19.3 Å². The molecule has 1 aliphatic rings. The zero-order valence-corrected chi connectivity index (χ0v) is 15.9. The van der Waals surface area contributed by atoms with Gasteiger partial charge in [0.15, 0.2) is 6.29 Å². The molecule has 1 rings (SSSR count). The lowest BCUT2D eigenvalue weighted by Crippen LogP contribution is -2.18. The number of halogens is 1. The van der Waals surface area contributed by atoms with Crippen LogP contribution in [0.25, 0.3) is 0 Å². The maximum atomic E-state index is 9.99. The van der Waals surface area contributed by atoms with Gasteiger partial charge >= 0.3 is 0 Å². The maximum Gasteiger partial charge on any atom is 0.156 e. The van der Waals surface area contributed by atoms with E-state index in [0.717, 1.165) is 54.1 Å². The van der Waals surface area contributed by atoms with Crippen molar-refractivity contribution in [3.63, 3.8) is 0 Å². The van der Waals surface area contributed by atoms with E-state index < -0.39 is 0 Å². The molecule has 4 nitrogen and oxygen atoms in total. The molecule has 0 amide bonds. The number of methoxy groups -OCH3 is 2. The van der Waals surface area contributed by atoms with Gasteiger partial charge in [-0.05, 0) is 70.3 Å². The van der Waals surface area contributed by atoms with Gasteiger partial charge in [-0.1, -0.05) is 13.2 Å². The molecule has 1 saturated heterocycles. The average Bonchev–Trinajstić information content (AvgIpc) is 2.84. The molecule has 3 atom stereocenters. The molecule has 5 heteroatoms. The summed E-state index contributed by atoms with van der Waals surface area (Å²) in [7, 11) is 3.30. The molecule has 0 radical (unpaired) electrons. The number of hydrogen-bond acceptors (Lipinski definition) is 4. The third-order valence-corrected chi connectivity index (χ3v) is 4.60. The van der Waals surface area contributed by atoms with Crippen molar-refractivity contribution in [2.24, 2.45) is 0 Å². The van der Waals surface area contributed by atoms with Crippen molar-refractivity contribution in [3.8, 4) is 0 Å². The Hall–Kier alpha value is 0.0500. The Labute approximate surface area is 148 Å². The Morgan fingerprint density at radius 3 is 2.59 bits per heavy atom. The predicted octanol–water partition coefficient (Wildman–Crippen LogP) is 3.97. The molecule has 128 valence electrons. The molecule has 1 heterocycles. The monoisotopic (exact) mass is 424 g/mol. The standard InChI is InChI=1S/C17H29IO4/c1-12-11-15(8-10-17(20-3)21-4)22-16(12)9-7-14(19)6-5-13(2)18/h14-17,19H,1-2,5-11H2,3-4H3/t14-,15-,16-/m0/s1. The minimum atomic E-state index is -0.284. The molecule has 22 heavy (non-hydrogen) atoms. The summed E-state index contributed by atoms with van der Waals surface area (Å²) in [5, 5.41) is 9.99. The van der Waals surface area contributed by atoms with Gasteiger partial charge < -0.3 is 19.3 Å². The highest BCUT2D eigenvalue weighted by atomic mass is 127. The molecule has 0 aromatic carbocycles. The molecule has 0 aliphatic carbocycles. The highest BCUT2D eigenvalue weighted by Crippen LogP contribution is 2.31. The van der Waals surface area contributed by atoms with E-state index in [4.69, 9.17) is 14.2 Å². The fourth-order valence-electron chi connectivity index (χ4n) is 2.71. The summed E-state index contributed by atoms with van der Waals surface area (Å²) >= 11 is 2.20. The number of allylic oxidation sites excluding steroid dienone is 1. The summed E-state index contributed by atoms with van der Waals surface area (Å²) in [5.41, 5.74) is 1.14. The predicted molar refractivity (Wildman–Crippen MR) is 97.1 cm³/mol. The van der Waals surface area contributed by atoms with Gasteiger partial charge in [-0.15, -0.1) is 0 Å². The van der Waals surface area contributed by atoms with Crippen LogP contribution in [0.2, 0.25) is 0 Å². The van der Waals surface area contributed by atoms with Crippen LogP contribution in [-0.4, -0.2) is 43.9 Å². The normalized spacial score (nSPS) is 23.2. The Morgan fingerprint density at radius 2 is 2.00 bits per heavy atom. The molecular formula is C17H29IO4. The minimum absolute atomic E-state index is 0.0750.